The zero-order valence-corrected chi connectivity index (χ0v) is 25.6. The molecule has 0 bridgehead atoms. The summed E-state index contributed by atoms with van der Waals surface area (Å²) in [6, 6.07) is 7.83. The van der Waals surface area contributed by atoms with E-state index in [0.717, 1.165) is 10.8 Å². The van der Waals surface area contributed by atoms with E-state index in [1.54, 1.807) is 30.3 Å². The molecule has 1 amide bonds. The van der Waals surface area contributed by atoms with Crippen LogP contribution in [0, 0.1) is 0 Å². The molecular formula is C26H35N4O17P. The molecule has 2 aromatic rings. The van der Waals surface area contributed by atoms with E-state index in [1.807, 2.05) is 0 Å². The van der Waals surface area contributed by atoms with Crippen LogP contribution in [0.25, 0.3) is 0 Å². The van der Waals surface area contributed by atoms with Crippen LogP contribution in [0.5, 0.6) is 0 Å². The van der Waals surface area contributed by atoms with Gasteiger partial charge in [-0.05, 0) is 11.6 Å². The number of nitrogens with zero attached hydrogens (tertiary/aromatic N) is 2. The van der Waals surface area contributed by atoms with Crippen LogP contribution in [-0.2, 0) is 39.2 Å². The first-order valence-corrected chi connectivity index (χ1v) is 15.6. The number of hydrogen-bond donors (Lipinski definition) is 10. The molecule has 1 aromatic carbocycles. The van der Waals surface area contributed by atoms with E-state index in [9.17, 15) is 59.6 Å². The van der Waals surface area contributed by atoms with E-state index < -0.39 is 106 Å². The largest absolute Gasteiger partial charge is 0.477 e. The molecule has 11 N–H and O–H groups in total. The van der Waals surface area contributed by atoms with Crippen LogP contribution in [0.4, 0.5) is 10.6 Å². The Labute approximate surface area is 270 Å². The third kappa shape index (κ3) is 8.52. The van der Waals surface area contributed by atoms with Gasteiger partial charge in [-0.1, -0.05) is 30.3 Å². The molecule has 0 saturated carbocycles. The van der Waals surface area contributed by atoms with E-state index in [-0.39, 0.29) is 12.4 Å². The Morgan fingerprint density at radius 3 is 2.48 bits per heavy atom. The summed E-state index contributed by atoms with van der Waals surface area (Å²) in [5, 5.41) is 74.0. The minimum absolute atomic E-state index is 0.143. The number of aliphatic hydroxyl groups is 6. The van der Waals surface area contributed by atoms with Crippen molar-refractivity contribution in [3.05, 3.63) is 58.6 Å². The van der Waals surface area contributed by atoms with E-state index >= 15 is 0 Å². The average Bonchev–Trinajstić information content (AvgIpc) is 3.32. The number of anilines is 1. The van der Waals surface area contributed by atoms with Gasteiger partial charge in [0.1, 0.15) is 49.0 Å². The number of amides is 1. The zero-order chi connectivity index (χ0) is 35.4. The number of phosphoric acid groups is 1. The van der Waals surface area contributed by atoms with Gasteiger partial charge in [-0.25, -0.2) is 23.5 Å². The number of carboxylic acids is 1. The van der Waals surface area contributed by atoms with Crippen molar-refractivity contribution in [1.29, 1.82) is 0 Å². The normalized spacial score (nSPS) is 31.4. The molecule has 0 radical (unpaired) electrons. The van der Waals surface area contributed by atoms with Gasteiger partial charge in [0.25, 0.3) is 5.79 Å². The number of nitrogen functional groups attached to an aromatic ring is 1. The second-order valence-electron chi connectivity index (χ2n) is 10.8. The van der Waals surface area contributed by atoms with Gasteiger partial charge < -0.3 is 65.9 Å². The number of nitrogens with two attached hydrogens (primary N) is 1. The molecule has 21 nitrogen and oxygen atoms in total. The molecule has 2 aliphatic heterocycles. The lowest BCUT2D eigenvalue weighted by Crippen LogP contribution is -2.67. The van der Waals surface area contributed by atoms with Gasteiger partial charge in [0, 0.05) is 12.6 Å². The van der Waals surface area contributed by atoms with Crippen LogP contribution in [-0.4, -0.2) is 130 Å². The first-order chi connectivity index (χ1) is 22.6. The fourth-order valence-electron chi connectivity index (χ4n) is 4.98. The van der Waals surface area contributed by atoms with Crippen LogP contribution >= 0.6 is 7.82 Å². The fraction of sp³-hybridized carbons (Fsp3) is 0.538. The van der Waals surface area contributed by atoms with Gasteiger partial charge in [-0.2, -0.15) is 4.98 Å². The number of rotatable bonds is 13. The van der Waals surface area contributed by atoms with Crippen LogP contribution in [0.2, 0.25) is 0 Å². The number of ether oxygens (including phenoxy) is 3. The van der Waals surface area contributed by atoms with Crippen LogP contribution in [0.15, 0.2) is 47.4 Å². The summed E-state index contributed by atoms with van der Waals surface area (Å²) in [5.74, 6) is -5.55. The van der Waals surface area contributed by atoms with Crippen molar-refractivity contribution in [2.24, 2.45) is 0 Å². The highest BCUT2D eigenvalue weighted by Gasteiger charge is 2.59. The minimum atomic E-state index is -5.59. The quantitative estimate of drug-likeness (QED) is 0.0904. The molecule has 2 aliphatic rings. The summed E-state index contributed by atoms with van der Waals surface area (Å²) >= 11 is 0. The number of carboxylic acid groups (broad SMARTS) is 1. The van der Waals surface area contributed by atoms with Crippen molar-refractivity contribution >= 4 is 25.7 Å². The Morgan fingerprint density at radius 2 is 1.85 bits per heavy atom. The summed E-state index contributed by atoms with van der Waals surface area (Å²) in [5.41, 5.74) is 5.06. The molecule has 11 atom stereocenters. The summed E-state index contributed by atoms with van der Waals surface area (Å²) in [7, 11) is -5.59. The Balaban J connectivity index is 1.48. The van der Waals surface area contributed by atoms with Crippen molar-refractivity contribution in [3.8, 4) is 0 Å². The SMILES string of the molecule is Nc1ccn([C@H]2O[C@@H](COP(=O)(O)O[C@@]3(C(=O)O)C[C@@H](O)[C@@H](NC(=O)OCc4ccccc4)C([C@H](O)[C@H](O)CO)O3)[C@H](O)[C@@H]2O)c(=O)n1. The Kier molecular flexibility index (Phi) is 11.9. The molecule has 48 heavy (non-hydrogen) atoms. The maximum absolute atomic E-state index is 13.0. The number of carbonyl (C=O) groups is 2. The van der Waals surface area contributed by atoms with Gasteiger partial charge in [0.15, 0.2) is 6.23 Å². The number of aromatic nitrogens is 2. The number of aliphatic carboxylic acids is 1. The van der Waals surface area contributed by atoms with Crippen molar-refractivity contribution in [3.63, 3.8) is 0 Å². The summed E-state index contributed by atoms with van der Waals surface area (Å²) in [4.78, 5) is 51.1. The number of phosphoric ester groups is 1. The zero-order valence-electron chi connectivity index (χ0n) is 24.7. The lowest BCUT2D eigenvalue weighted by molar-refractivity contribution is -0.288. The van der Waals surface area contributed by atoms with Gasteiger partial charge in [-0.15, -0.1) is 0 Å². The third-order valence-electron chi connectivity index (χ3n) is 7.44. The van der Waals surface area contributed by atoms with Crippen molar-refractivity contribution in [1.82, 2.24) is 14.9 Å². The van der Waals surface area contributed by atoms with Crippen LogP contribution < -0.4 is 16.7 Å². The molecule has 0 spiro atoms. The molecule has 4 rings (SSSR count). The molecule has 3 heterocycles. The number of carbonyl (C=O) groups excluding carboxylic acids is 1. The number of aliphatic hydroxyl groups excluding tert-OH is 6. The molecular weight excluding hydrogens is 671 g/mol. The standard InChI is InChI=1S/C26H35N4O17P/c27-16-6-7-30(24(39)28-16)22-20(36)19(35)15(45-22)11-44-48(41,42)47-26(23(37)38)8-13(32)17(21(46-26)18(34)14(33)9-31)29-25(40)43-10-12-4-2-1-3-5-12/h1-7,13-15,17-22,31-36H,8-11H2,(H,29,40)(H,37,38)(H,41,42)(H2,27,28,39)/t13-,14-,15+,17-,18-,19+,20+,21?,22+,26-/m1/s1. The van der Waals surface area contributed by atoms with Crippen LogP contribution in [0.3, 0.4) is 0 Å². The number of nitrogens with one attached hydrogen (secondary N) is 1. The highest BCUT2D eigenvalue weighted by Crippen LogP contribution is 2.51. The fourth-order valence-corrected chi connectivity index (χ4v) is 5.94. The van der Waals surface area contributed by atoms with Gasteiger partial charge >= 0.3 is 25.6 Å². The number of alkyl carbamates (subject to hydrolysis) is 1. The Morgan fingerprint density at radius 1 is 1.17 bits per heavy atom. The predicted molar refractivity (Wildman–Crippen MR) is 154 cm³/mol. The third-order valence-corrected chi connectivity index (χ3v) is 8.44. The smallest absolute Gasteiger partial charge is 0.475 e. The number of benzene rings is 1. The first kappa shape index (κ1) is 37.3. The van der Waals surface area contributed by atoms with E-state index in [4.69, 9.17) is 29.0 Å². The monoisotopic (exact) mass is 706 g/mol. The lowest BCUT2D eigenvalue weighted by atomic mass is 9.89. The molecule has 2 saturated heterocycles. The van der Waals surface area contributed by atoms with Crippen molar-refractivity contribution < 1.29 is 78.1 Å². The Hall–Kier alpha value is -3.57. The van der Waals surface area contributed by atoms with Crippen molar-refractivity contribution in [2.75, 3.05) is 18.9 Å². The van der Waals surface area contributed by atoms with Crippen LogP contribution in [0.1, 0.15) is 18.2 Å². The molecule has 2 unspecified atom stereocenters. The predicted octanol–water partition coefficient (Wildman–Crippen LogP) is -3.48. The molecule has 1 aromatic heterocycles. The second-order valence-corrected chi connectivity index (χ2v) is 12.2. The Bertz CT molecular complexity index is 1530. The molecule has 22 heteroatoms. The highest BCUT2D eigenvalue weighted by atomic mass is 31.2. The molecule has 2 fully saturated rings. The average molecular weight is 707 g/mol. The molecule has 0 aliphatic carbocycles. The number of hydrogen-bond acceptors (Lipinski definition) is 17. The van der Waals surface area contributed by atoms with Crippen molar-refractivity contribution in [2.45, 2.75) is 73.8 Å². The highest BCUT2D eigenvalue weighted by molar-refractivity contribution is 7.47. The maximum atomic E-state index is 13.0. The van der Waals surface area contributed by atoms with E-state index in [0.29, 0.717) is 5.56 Å². The topological polar surface area (TPSA) is 332 Å². The summed E-state index contributed by atoms with van der Waals surface area (Å²) in [6.45, 7) is -2.37. The summed E-state index contributed by atoms with van der Waals surface area (Å²) in [6.07, 6.45) is -16.3. The van der Waals surface area contributed by atoms with E-state index in [2.05, 4.69) is 10.3 Å². The summed E-state index contributed by atoms with van der Waals surface area (Å²) < 4.78 is 39.3. The first-order valence-electron chi connectivity index (χ1n) is 14.2. The van der Waals surface area contributed by atoms with E-state index in [1.165, 1.54) is 6.07 Å². The van der Waals surface area contributed by atoms with Gasteiger partial charge in [0.05, 0.1) is 25.4 Å². The van der Waals surface area contributed by atoms with Gasteiger partial charge in [-0.3, -0.25) is 9.09 Å². The second kappa shape index (κ2) is 15.3. The molecule has 266 valence electrons. The lowest BCUT2D eigenvalue weighted by Gasteiger charge is -2.46. The minimum Gasteiger partial charge on any atom is -0.477 e. The maximum Gasteiger partial charge on any atom is 0.475 e. The van der Waals surface area contributed by atoms with Gasteiger partial charge in [0.2, 0.25) is 0 Å².